The molecule has 2 aromatic rings. The fourth-order valence-electron chi connectivity index (χ4n) is 1.31. The number of hydrogen-bond donors (Lipinski definition) is 0. The second-order valence-electron chi connectivity index (χ2n) is 3.41. The van der Waals surface area contributed by atoms with Gasteiger partial charge in [0.05, 0.1) is 18.1 Å². The molecule has 0 aliphatic heterocycles. The molecule has 0 amide bonds. The van der Waals surface area contributed by atoms with Crippen LogP contribution in [-0.2, 0) is 13.7 Å². The van der Waals surface area contributed by atoms with Gasteiger partial charge in [0.1, 0.15) is 6.61 Å². The predicted octanol–water partition coefficient (Wildman–Crippen LogP) is 1.70. The molecule has 0 unspecified atom stereocenters. The van der Waals surface area contributed by atoms with E-state index in [9.17, 15) is 0 Å². The van der Waals surface area contributed by atoms with E-state index in [0.29, 0.717) is 6.61 Å². The van der Waals surface area contributed by atoms with Gasteiger partial charge in [0.15, 0.2) is 5.75 Å². The quantitative estimate of drug-likeness (QED) is 0.762. The minimum Gasteiger partial charge on any atom is -0.484 e. The molecule has 4 heteroatoms. The fourth-order valence-corrected chi connectivity index (χ4v) is 1.31. The van der Waals surface area contributed by atoms with E-state index < -0.39 is 0 Å². The van der Waals surface area contributed by atoms with E-state index in [1.165, 1.54) is 0 Å². The van der Waals surface area contributed by atoms with Crippen LogP contribution in [0.2, 0.25) is 0 Å². The van der Waals surface area contributed by atoms with Crippen molar-refractivity contribution < 1.29 is 4.74 Å². The van der Waals surface area contributed by atoms with Crippen molar-refractivity contribution >= 4 is 0 Å². The van der Waals surface area contributed by atoms with Crippen LogP contribution in [0.5, 0.6) is 5.75 Å². The fraction of sp³-hybridized carbons (Fsp3) is 0.273. The summed E-state index contributed by atoms with van der Waals surface area (Å²) in [5.41, 5.74) is 1.93. The maximum atomic E-state index is 5.52. The minimum absolute atomic E-state index is 0.480. The van der Waals surface area contributed by atoms with Crippen LogP contribution in [0.25, 0.3) is 0 Å². The van der Waals surface area contributed by atoms with Crippen molar-refractivity contribution in [1.82, 2.24) is 14.8 Å². The first-order valence-electron chi connectivity index (χ1n) is 4.78. The first-order chi connectivity index (χ1) is 7.24. The van der Waals surface area contributed by atoms with E-state index >= 15 is 0 Å². The molecule has 2 aromatic heterocycles. The molecule has 2 rings (SSSR count). The van der Waals surface area contributed by atoms with Crippen LogP contribution in [0, 0.1) is 6.92 Å². The molecule has 4 nitrogen and oxygen atoms in total. The van der Waals surface area contributed by atoms with Gasteiger partial charge in [-0.1, -0.05) is 6.07 Å². The third-order valence-corrected chi connectivity index (χ3v) is 2.01. The lowest BCUT2D eigenvalue weighted by molar-refractivity contribution is 0.301. The van der Waals surface area contributed by atoms with Crippen molar-refractivity contribution in [2.24, 2.45) is 7.05 Å². The molecule has 0 saturated carbocycles. The van der Waals surface area contributed by atoms with Crippen LogP contribution >= 0.6 is 0 Å². The molecule has 0 radical (unpaired) electrons. The van der Waals surface area contributed by atoms with Crippen LogP contribution < -0.4 is 4.74 Å². The summed E-state index contributed by atoms with van der Waals surface area (Å²) < 4.78 is 7.23. The average Bonchev–Trinajstić information content (AvgIpc) is 2.62. The molecule has 78 valence electrons. The average molecular weight is 203 g/mol. The van der Waals surface area contributed by atoms with Gasteiger partial charge in [-0.15, -0.1) is 0 Å². The van der Waals surface area contributed by atoms with Crippen LogP contribution in [0.15, 0.2) is 30.6 Å². The van der Waals surface area contributed by atoms with Gasteiger partial charge in [0, 0.05) is 12.7 Å². The normalized spacial score (nSPS) is 10.3. The maximum absolute atomic E-state index is 5.52. The lowest BCUT2D eigenvalue weighted by Gasteiger charge is -2.02. The Morgan fingerprint density at radius 1 is 1.40 bits per heavy atom. The Kier molecular flexibility index (Phi) is 2.67. The second-order valence-corrected chi connectivity index (χ2v) is 3.41. The van der Waals surface area contributed by atoms with Gasteiger partial charge in [0.25, 0.3) is 0 Å². The summed E-state index contributed by atoms with van der Waals surface area (Å²) in [5.74, 6) is 0.765. The van der Waals surface area contributed by atoms with Crippen molar-refractivity contribution in [2.75, 3.05) is 0 Å². The predicted molar refractivity (Wildman–Crippen MR) is 56.5 cm³/mol. The van der Waals surface area contributed by atoms with E-state index in [1.807, 2.05) is 38.4 Å². The zero-order valence-electron chi connectivity index (χ0n) is 8.84. The van der Waals surface area contributed by atoms with Gasteiger partial charge in [-0.25, -0.2) is 0 Å². The number of pyridine rings is 1. The molecule has 0 aliphatic rings. The van der Waals surface area contributed by atoms with E-state index in [-0.39, 0.29) is 0 Å². The van der Waals surface area contributed by atoms with Gasteiger partial charge < -0.3 is 4.74 Å². The van der Waals surface area contributed by atoms with Gasteiger partial charge in [-0.2, -0.15) is 5.10 Å². The Morgan fingerprint density at radius 3 is 2.93 bits per heavy atom. The third kappa shape index (κ3) is 2.56. The molecule has 0 fully saturated rings. The zero-order chi connectivity index (χ0) is 10.7. The highest BCUT2D eigenvalue weighted by atomic mass is 16.5. The highest BCUT2D eigenvalue weighted by molar-refractivity contribution is 5.14. The second kappa shape index (κ2) is 4.13. The molecule has 0 spiro atoms. The van der Waals surface area contributed by atoms with Gasteiger partial charge >= 0.3 is 0 Å². The molecule has 0 bridgehead atoms. The third-order valence-electron chi connectivity index (χ3n) is 2.01. The number of aromatic nitrogens is 3. The molecule has 0 aliphatic carbocycles. The minimum atomic E-state index is 0.480. The van der Waals surface area contributed by atoms with E-state index in [0.717, 1.165) is 17.1 Å². The Morgan fingerprint density at radius 2 is 2.27 bits per heavy atom. The Hall–Kier alpha value is -1.84. The monoisotopic (exact) mass is 203 g/mol. The smallest absolute Gasteiger partial charge is 0.157 e. The summed E-state index contributed by atoms with van der Waals surface area (Å²) in [4.78, 5) is 4.34. The summed E-state index contributed by atoms with van der Waals surface area (Å²) in [6.07, 6.45) is 3.52. The number of aryl methyl sites for hydroxylation is 2. The van der Waals surface area contributed by atoms with E-state index in [1.54, 1.807) is 10.9 Å². The Labute approximate surface area is 88.5 Å². The highest BCUT2D eigenvalue weighted by Gasteiger charge is 1.99. The van der Waals surface area contributed by atoms with Gasteiger partial charge in [-0.3, -0.25) is 9.67 Å². The largest absolute Gasteiger partial charge is 0.484 e. The lowest BCUT2D eigenvalue weighted by atomic mass is 10.3. The first kappa shape index (κ1) is 9.71. The van der Waals surface area contributed by atoms with Crippen LogP contribution in [0.3, 0.4) is 0 Å². The summed E-state index contributed by atoms with van der Waals surface area (Å²) in [6, 6.07) is 5.89. The van der Waals surface area contributed by atoms with Crippen molar-refractivity contribution in [2.45, 2.75) is 13.5 Å². The van der Waals surface area contributed by atoms with Crippen molar-refractivity contribution in [3.05, 3.63) is 42.0 Å². The molecule has 0 saturated heterocycles. The summed E-state index contributed by atoms with van der Waals surface area (Å²) >= 11 is 0. The van der Waals surface area contributed by atoms with E-state index in [4.69, 9.17) is 4.74 Å². The number of nitrogens with zero attached hydrogens (tertiary/aromatic N) is 3. The molecule has 0 aromatic carbocycles. The topological polar surface area (TPSA) is 39.9 Å². The zero-order valence-corrected chi connectivity index (χ0v) is 8.84. The number of hydrogen-bond acceptors (Lipinski definition) is 3. The molecule has 2 heterocycles. The molecular formula is C11H13N3O. The number of ether oxygens (including phenoxy) is 1. The summed E-state index contributed by atoms with van der Waals surface area (Å²) in [6.45, 7) is 2.45. The highest BCUT2D eigenvalue weighted by Crippen LogP contribution is 2.09. The van der Waals surface area contributed by atoms with Crippen molar-refractivity contribution in [3.8, 4) is 5.75 Å². The number of rotatable bonds is 3. The van der Waals surface area contributed by atoms with Gasteiger partial charge in [-0.05, 0) is 19.1 Å². The maximum Gasteiger partial charge on any atom is 0.157 e. The molecule has 0 atom stereocenters. The summed E-state index contributed by atoms with van der Waals surface area (Å²) in [7, 11) is 1.86. The van der Waals surface area contributed by atoms with Crippen LogP contribution in [0.1, 0.15) is 11.4 Å². The Balaban J connectivity index is 1.99. The Bertz CT molecular complexity index is 451. The SMILES string of the molecule is Cc1cccc(COc2cnn(C)c2)n1. The molecular weight excluding hydrogens is 190 g/mol. The first-order valence-corrected chi connectivity index (χ1v) is 4.78. The molecule has 0 N–H and O–H groups in total. The molecule has 15 heavy (non-hydrogen) atoms. The van der Waals surface area contributed by atoms with Crippen molar-refractivity contribution in [3.63, 3.8) is 0 Å². The van der Waals surface area contributed by atoms with Crippen LogP contribution in [-0.4, -0.2) is 14.8 Å². The van der Waals surface area contributed by atoms with Crippen LogP contribution in [0.4, 0.5) is 0 Å². The van der Waals surface area contributed by atoms with Crippen molar-refractivity contribution in [1.29, 1.82) is 0 Å². The van der Waals surface area contributed by atoms with Gasteiger partial charge in [0.2, 0.25) is 0 Å². The standard InChI is InChI=1S/C11H13N3O/c1-9-4-3-5-10(13-9)8-15-11-6-12-14(2)7-11/h3-7H,8H2,1-2H3. The summed E-state index contributed by atoms with van der Waals surface area (Å²) in [5, 5.41) is 4.02. The van der Waals surface area contributed by atoms with E-state index in [2.05, 4.69) is 10.1 Å². The lowest BCUT2D eigenvalue weighted by Crippen LogP contribution is -1.98.